The van der Waals surface area contributed by atoms with E-state index >= 15 is 0 Å². The Morgan fingerprint density at radius 2 is 1.58 bits per heavy atom. The second kappa shape index (κ2) is 11.4. The number of carbonyl (C=O) groups excluding carboxylic acids is 1. The van der Waals surface area contributed by atoms with Crippen molar-refractivity contribution >= 4 is 66.2 Å². The molecule has 0 fully saturated rings. The van der Waals surface area contributed by atoms with Gasteiger partial charge in [-0.05, 0) is 67.6 Å². The van der Waals surface area contributed by atoms with Gasteiger partial charge in [-0.1, -0.05) is 29.3 Å². The lowest BCUT2D eigenvalue weighted by molar-refractivity contribution is -0.114. The van der Waals surface area contributed by atoms with Crippen molar-refractivity contribution in [1.82, 2.24) is 0 Å². The number of hydrogen-bond acceptors (Lipinski definition) is 6. The van der Waals surface area contributed by atoms with Gasteiger partial charge in [0.2, 0.25) is 15.9 Å². The van der Waals surface area contributed by atoms with Crippen molar-refractivity contribution in [2.45, 2.75) is 11.8 Å². The Morgan fingerprint density at radius 1 is 0.944 bits per heavy atom. The van der Waals surface area contributed by atoms with Gasteiger partial charge in [-0.2, -0.15) is 0 Å². The van der Waals surface area contributed by atoms with E-state index in [0.717, 1.165) is 10.6 Å². The standard InChI is InChI=1S/C23H23Cl2N3O6S2/c1-3-34-18-11-9-17(10-12-18)28(35(2,30)31)15-22(29)26-16-7-13-19(14-8-16)36(32,33)27-21-6-4-5-20(24)23(21)25/h4-14,27H,3,15H2,1-2H3,(H,26,29). The largest absolute Gasteiger partial charge is 0.494 e. The van der Waals surface area contributed by atoms with Gasteiger partial charge in [0, 0.05) is 5.69 Å². The van der Waals surface area contributed by atoms with Crippen LogP contribution >= 0.6 is 23.2 Å². The number of nitrogens with zero attached hydrogens (tertiary/aromatic N) is 1. The van der Waals surface area contributed by atoms with Gasteiger partial charge in [-0.25, -0.2) is 16.8 Å². The highest BCUT2D eigenvalue weighted by Gasteiger charge is 2.22. The number of rotatable bonds is 10. The van der Waals surface area contributed by atoms with Crippen LogP contribution in [0.2, 0.25) is 10.0 Å². The molecule has 9 nitrogen and oxygen atoms in total. The Hall–Kier alpha value is -2.99. The van der Waals surface area contributed by atoms with Crippen LogP contribution in [-0.4, -0.2) is 42.2 Å². The molecule has 13 heteroatoms. The quantitative estimate of drug-likeness (QED) is 0.366. The summed E-state index contributed by atoms with van der Waals surface area (Å²) in [5.41, 5.74) is 0.694. The van der Waals surface area contributed by atoms with Gasteiger partial charge in [0.1, 0.15) is 12.3 Å². The Kier molecular flexibility index (Phi) is 8.72. The van der Waals surface area contributed by atoms with Gasteiger partial charge in [-0.3, -0.25) is 13.8 Å². The molecule has 0 atom stereocenters. The van der Waals surface area contributed by atoms with Crippen molar-refractivity contribution in [1.29, 1.82) is 0 Å². The first-order valence-corrected chi connectivity index (χ1v) is 14.6. The van der Waals surface area contributed by atoms with Crippen LogP contribution in [-0.2, 0) is 24.8 Å². The second-order valence-electron chi connectivity index (χ2n) is 7.48. The number of ether oxygens (including phenoxy) is 1. The number of hydrogen-bond donors (Lipinski definition) is 2. The zero-order chi connectivity index (χ0) is 26.5. The topological polar surface area (TPSA) is 122 Å². The fraction of sp³-hybridized carbons (Fsp3) is 0.174. The maximum Gasteiger partial charge on any atom is 0.261 e. The van der Waals surface area contributed by atoms with Gasteiger partial charge < -0.3 is 10.1 Å². The number of benzene rings is 3. The molecule has 3 rings (SSSR count). The molecule has 0 bridgehead atoms. The molecule has 0 saturated heterocycles. The van der Waals surface area contributed by atoms with Gasteiger partial charge in [-0.15, -0.1) is 0 Å². The van der Waals surface area contributed by atoms with Gasteiger partial charge in [0.05, 0.1) is 39.2 Å². The number of amides is 1. The summed E-state index contributed by atoms with van der Waals surface area (Å²) in [4.78, 5) is 12.5. The van der Waals surface area contributed by atoms with Crippen molar-refractivity contribution in [3.8, 4) is 5.75 Å². The summed E-state index contributed by atoms with van der Waals surface area (Å²) in [6.07, 6.45) is 0.996. The Labute approximate surface area is 220 Å². The highest BCUT2D eigenvalue weighted by Crippen LogP contribution is 2.31. The number of nitrogens with one attached hydrogen (secondary N) is 2. The number of carbonyl (C=O) groups is 1. The fourth-order valence-electron chi connectivity index (χ4n) is 3.11. The van der Waals surface area contributed by atoms with Crippen LogP contribution in [0.25, 0.3) is 0 Å². The molecule has 0 unspecified atom stereocenters. The van der Waals surface area contributed by atoms with E-state index in [1.165, 1.54) is 48.5 Å². The zero-order valence-corrected chi connectivity index (χ0v) is 22.4. The third-order valence-corrected chi connectivity index (χ3v) is 8.11. The molecule has 0 spiro atoms. The minimum Gasteiger partial charge on any atom is -0.494 e. The maximum absolute atomic E-state index is 12.7. The van der Waals surface area contributed by atoms with Crippen LogP contribution in [0.15, 0.2) is 71.6 Å². The van der Waals surface area contributed by atoms with E-state index in [0.29, 0.717) is 18.0 Å². The molecule has 0 aliphatic rings. The van der Waals surface area contributed by atoms with E-state index in [2.05, 4.69) is 10.0 Å². The second-order valence-corrected chi connectivity index (χ2v) is 11.9. The summed E-state index contributed by atoms with van der Waals surface area (Å²) in [6, 6.07) is 16.2. The summed E-state index contributed by atoms with van der Waals surface area (Å²) >= 11 is 12.0. The number of anilines is 3. The highest BCUT2D eigenvalue weighted by atomic mass is 35.5. The van der Waals surface area contributed by atoms with E-state index in [4.69, 9.17) is 27.9 Å². The first-order valence-electron chi connectivity index (χ1n) is 10.5. The molecular weight excluding hydrogens is 549 g/mol. The minimum absolute atomic E-state index is 0.0644. The summed E-state index contributed by atoms with van der Waals surface area (Å²) in [5, 5.41) is 2.83. The first kappa shape index (κ1) is 27.6. The molecule has 36 heavy (non-hydrogen) atoms. The Balaban J connectivity index is 1.71. The normalized spacial score (nSPS) is 11.6. The predicted molar refractivity (Wildman–Crippen MR) is 142 cm³/mol. The Bertz CT molecular complexity index is 1450. The highest BCUT2D eigenvalue weighted by molar-refractivity contribution is 7.92. The fourth-order valence-corrected chi connectivity index (χ4v) is 5.44. The summed E-state index contributed by atoms with van der Waals surface area (Å²) in [5.74, 6) is -0.0462. The van der Waals surface area contributed by atoms with Crippen molar-refractivity contribution in [2.75, 3.05) is 33.8 Å². The summed E-state index contributed by atoms with van der Waals surface area (Å²) < 4.78 is 58.7. The molecule has 0 aliphatic heterocycles. The maximum atomic E-state index is 12.7. The SMILES string of the molecule is CCOc1ccc(N(CC(=O)Nc2ccc(S(=O)(=O)Nc3cccc(Cl)c3Cl)cc2)S(C)(=O)=O)cc1. The van der Waals surface area contributed by atoms with Crippen molar-refractivity contribution < 1.29 is 26.4 Å². The van der Waals surface area contributed by atoms with Gasteiger partial charge in [0.25, 0.3) is 10.0 Å². The zero-order valence-electron chi connectivity index (χ0n) is 19.2. The number of sulfonamides is 2. The average molecular weight is 572 g/mol. The summed E-state index contributed by atoms with van der Waals surface area (Å²) in [6.45, 7) is 1.80. The lowest BCUT2D eigenvalue weighted by atomic mass is 10.3. The van der Waals surface area contributed by atoms with Crippen LogP contribution in [0.3, 0.4) is 0 Å². The molecule has 3 aromatic carbocycles. The van der Waals surface area contributed by atoms with Crippen molar-refractivity contribution in [3.05, 3.63) is 76.8 Å². The number of halogens is 2. The molecule has 0 radical (unpaired) electrons. The molecule has 2 N–H and O–H groups in total. The lowest BCUT2D eigenvalue weighted by Crippen LogP contribution is -2.37. The van der Waals surface area contributed by atoms with E-state index in [-0.39, 0.29) is 26.3 Å². The Morgan fingerprint density at radius 3 is 2.17 bits per heavy atom. The third-order valence-electron chi connectivity index (χ3n) is 4.77. The van der Waals surface area contributed by atoms with Crippen LogP contribution in [0, 0.1) is 0 Å². The van der Waals surface area contributed by atoms with Crippen LogP contribution < -0.4 is 19.1 Å². The molecule has 3 aromatic rings. The molecule has 1 amide bonds. The van der Waals surface area contributed by atoms with Crippen LogP contribution in [0.4, 0.5) is 17.1 Å². The monoisotopic (exact) mass is 571 g/mol. The van der Waals surface area contributed by atoms with E-state index < -0.39 is 32.5 Å². The van der Waals surface area contributed by atoms with Crippen LogP contribution in [0.5, 0.6) is 5.75 Å². The lowest BCUT2D eigenvalue weighted by Gasteiger charge is -2.22. The van der Waals surface area contributed by atoms with Gasteiger partial charge in [0.15, 0.2) is 0 Å². The molecule has 192 valence electrons. The smallest absolute Gasteiger partial charge is 0.261 e. The van der Waals surface area contributed by atoms with E-state index in [1.54, 1.807) is 18.2 Å². The van der Waals surface area contributed by atoms with Crippen LogP contribution in [0.1, 0.15) is 6.92 Å². The predicted octanol–water partition coefficient (Wildman–Crippen LogP) is 4.60. The van der Waals surface area contributed by atoms with E-state index in [1.807, 2.05) is 6.92 Å². The molecule has 0 aliphatic carbocycles. The molecule has 0 saturated carbocycles. The summed E-state index contributed by atoms with van der Waals surface area (Å²) in [7, 11) is -7.75. The third kappa shape index (κ3) is 7.03. The van der Waals surface area contributed by atoms with Crippen molar-refractivity contribution in [2.24, 2.45) is 0 Å². The molecule has 0 heterocycles. The average Bonchev–Trinajstić information content (AvgIpc) is 2.81. The molecular formula is C23H23Cl2N3O6S2. The molecule has 0 aromatic heterocycles. The minimum atomic E-state index is -3.98. The van der Waals surface area contributed by atoms with E-state index in [9.17, 15) is 21.6 Å². The van der Waals surface area contributed by atoms with Gasteiger partial charge >= 0.3 is 0 Å². The van der Waals surface area contributed by atoms with Crippen molar-refractivity contribution in [3.63, 3.8) is 0 Å². The first-order chi connectivity index (χ1) is 16.9.